The third-order valence-corrected chi connectivity index (χ3v) is 6.25. The maximum Gasteiger partial charge on any atom is 0.240 e. The van der Waals surface area contributed by atoms with E-state index in [-0.39, 0.29) is 23.3 Å². The van der Waals surface area contributed by atoms with Gasteiger partial charge in [-0.15, -0.1) is 0 Å². The topological polar surface area (TPSA) is 86.8 Å². The Morgan fingerprint density at radius 1 is 1.19 bits per heavy atom. The Morgan fingerprint density at radius 2 is 1.93 bits per heavy atom. The number of fused-ring (bicyclic) bond motifs is 1. The van der Waals surface area contributed by atoms with Crippen LogP contribution in [0, 0.1) is 0 Å². The monoisotopic (exact) mass is 395 g/mol. The maximum absolute atomic E-state index is 12.6. The SMILES string of the molecule is CCCCCN(CCNS(=O)(=O)c1ccc2c(c1)CCN2C(C)=O)C(C)=O. The maximum atomic E-state index is 12.6. The number of rotatable bonds is 9. The zero-order valence-corrected chi connectivity index (χ0v) is 17.1. The van der Waals surface area contributed by atoms with Gasteiger partial charge in [-0.1, -0.05) is 19.8 Å². The van der Waals surface area contributed by atoms with Gasteiger partial charge in [-0.2, -0.15) is 0 Å². The van der Waals surface area contributed by atoms with Crippen LogP contribution in [-0.2, 0) is 26.0 Å². The highest BCUT2D eigenvalue weighted by Gasteiger charge is 2.24. The zero-order chi connectivity index (χ0) is 20.0. The van der Waals surface area contributed by atoms with Crippen molar-refractivity contribution in [3.05, 3.63) is 23.8 Å². The molecule has 1 heterocycles. The molecule has 8 heteroatoms. The Hall–Kier alpha value is -1.93. The first-order chi connectivity index (χ1) is 12.8. The van der Waals surface area contributed by atoms with E-state index in [0.717, 1.165) is 30.5 Å². The van der Waals surface area contributed by atoms with Crippen LogP contribution in [-0.4, -0.2) is 51.3 Å². The molecule has 1 aromatic rings. The lowest BCUT2D eigenvalue weighted by molar-refractivity contribution is -0.128. The molecule has 0 aromatic heterocycles. The van der Waals surface area contributed by atoms with Gasteiger partial charge in [0.05, 0.1) is 4.90 Å². The second kappa shape index (κ2) is 9.32. The van der Waals surface area contributed by atoms with Gasteiger partial charge in [-0.25, -0.2) is 13.1 Å². The van der Waals surface area contributed by atoms with Crippen molar-refractivity contribution in [3.8, 4) is 0 Å². The van der Waals surface area contributed by atoms with Crippen molar-refractivity contribution in [1.29, 1.82) is 0 Å². The molecular formula is C19H29N3O4S. The Labute approximate surface area is 161 Å². The summed E-state index contributed by atoms with van der Waals surface area (Å²) >= 11 is 0. The molecular weight excluding hydrogens is 366 g/mol. The Morgan fingerprint density at radius 3 is 2.56 bits per heavy atom. The highest BCUT2D eigenvalue weighted by Crippen LogP contribution is 2.30. The van der Waals surface area contributed by atoms with Crippen LogP contribution in [0.3, 0.4) is 0 Å². The van der Waals surface area contributed by atoms with Gasteiger partial charge in [0.1, 0.15) is 0 Å². The highest BCUT2D eigenvalue weighted by molar-refractivity contribution is 7.89. The van der Waals surface area contributed by atoms with E-state index >= 15 is 0 Å². The predicted octanol–water partition coefficient (Wildman–Crippen LogP) is 1.91. The van der Waals surface area contributed by atoms with Crippen LogP contribution in [0.5, 0.6) is 0 Å². The number of unbranched alkanes of at least 4 members (excludes halogenated alkanes) is 2. The van der Waals surface area contributed by atoms with E-state index in [9.17, 15) is 18.0 Å². The van der Waals surface area contributed by atoms with Gasteiger partial charge in [0.2, 0.25) is 21.8 Å². The highest BCUT2D eigenvalue weighted by atomic mass is 32.2. The molecule has 1 aliphatic heterocycles. The average molecular weight is 396 g/mol. The molecule has 0 saturated heterocycles. The summed E-state index contributed by atoms with van der Waals surface area (Å²) in [6.07, 6.45) is 3.67. The summed E-state index contributed by atoms with van der Waals surface area (Å²) in [6.45, 7) is 6.84. The number of carbonyl (C=O) groups is 2. The largest absolute Gasteiger partial charge is 0.342 e. The normalized spacial score (nSPS) is 13.5. The van der Waals surface area contributed by atoms with E-state index < -0.39 is 10.0 Å². The first-order valence-corrected chi connectivity index (χ1v) is 10.9. The van der Waals surface area contributed by atoms with E-state index in [4.69, 9.17) is 0 Å². The summed E-state index contributed by atoms with van der Waals surface area (Å²) in [5.41, 5.74) is 1.64. The van der Waals surface area contributed by atoms with E-state index in [1.807, 2.05) is 0 Å². The molecule has 1 aromatic carbocycles. The molecule has 0 fully saturated rings. The number of benzene rings is 1. The summed E-state index contributed by atoms with van der Waals surface area (Å²) in [6, 6.07) is 4.84. The molecule has 7 nitrogen and oxygen atoms in total. The Kier molecular flexibility index (Phi) is 7.38. The fourth-order valence-electron chi connectivity index (χ4n) is 3.25. The van der Waals surface area contributed by atoms with Gasteiger partial charge in [0.25, 0.3) is 0 Å². The Balaban J connectivity index is 1.98. The lowest BCUT2D eigenvalue weighted by Crippen LogP contribution is -2.38. The molecule has 1 aliphatic rings. The molecule has 2 amide bonds. The number of hydrogen-bond acceptors (Lipinski definition) is 4. The van der Waals surface area contributed by atoms with Crippen molar-refractivity contribution in [2.24, 2.45) is 0 Å². The summed E-state index contributed by atoms with van der Waals surface area (Å²) in [7, 11) is -3.66. The second-order valence-electron chi connectivity index (χ2n) is 6.82. The molecule has 0 spiro atoms. The number of amides is 2. The molecule has 0 radical (unpaired) electrons. The minimum absolute atomic E-state index is 0.0464. The number of carbonyl (C=O) groups excluding carboxylic acids is 2. The lowest BCUT2D eigenvalue weighted by atomic mass is 10.2. The van der Waals surface area contributed by atoms with Crippen molar-refractivity contribution in [2.45, 2.75) is 51.3 Å². The van der Waals surface area contributed by atoms with Crippen molar-refractivity contribution in [1.82, 2.24) is 9.62 Å². The molecule has 0 saturated carbocycles. The van der Waals surface area contributed by atoms with Crippen molar-refractivity contribution >= 4 is 27.5 Å². The van der Waals surface area contributed by atoms with Crippen LogP contribution < -0.4 is 9.62 Å². The summed E-state index contributed by atoms with van der Waals surface area (Å²) in [5.74, 6) is -0.0953. The van der Waals surface area contributed by atoms with Gasteiger partial charge in [0.15, 0.2) is 0 Å². The van der Waals surface area contributed by atoms with E-state index in [1.165, 1.54) is 19.9 Å². The van der Waals surface area contributed by atoms with Crippen molar-refractivity contribution < 1.29 is 18.0 Å². The van der Waals surface area contributed by atoms with Gasteiger partial charge in [-0.05, 0) is 36.6 Å². The zero-order valence-electron chi connectivity index (χ0n) is 16.3. The Bertz CT molecular complexity index is 792. The summed E-state index contributed by atoms with van der Waals surface area (Å²) in [4.78, 5) is 26.8. The van der Waals surface area contributed by atoms with Crippen molar-refractivity contribution in [3.63, 3.8) is 0 Å². The summed E-state index contributed by atoms with van der Waals surface area (Å²) in [5, 5.41) is 0. The van der Waals surface area contributed by atoms with E-state index in [0.29, 0.717) is 26.1 Å². The molecule has 0 unspecified atom stereocenters. The fraction of sp³-hybridized carbons (Fsp3) is 0.579. The lowest BCUT2D eigenvalue weighted by Gasteiger charge is -2.21. The third kappa shape index (κ3) is 5.52. The number of anilines is 1. The molecule has 0 aliphatic carbocycles. The van der Waals surface area contributed by atoms with E-state index in [1.54, 1.807) is 21.9 Å². The van der Waals surface area contributed by atoms with Crippen LogP contribution in [0.25, 0.3) is 0 Å². The second-order valence-corrected chi connectivity index (χ2v) is 8.59. The smallest absolute Gasteiger partial charge is 0.240 e. The molecule has 27 heavy (non-hydrogen) atoms. The summed E-state index contributed by atoms with van der Waals surface area (Å²) < 4.78 is 27.7. The minimum Gasteiger partial charge on any atom is -0.342 e. The van der Waals surface area contributed by atoms with E-state index in [2.05, 4.69) is 11.6 Å². The first kappa shape index (κ1) is 21.4. The quantitative estimate of drug-likeness (QED) is 0.647. The van der Waals surface area contributed by atoms with Gasteiger partial charge in [-0.3, -0.25) is 9.59 Å². The number of hydrogen-bond donors (Lipinski definition) is 1. The van der Waals surface area contributed by atoms with Crippen LogP contribution >= 0.6 is 0 Å². The number of nitrogens with zero attached hydrogens (tertiary/aromatic N) is 2. The molecule has 150 valence electrons. The minimum atomic E-state index is -3.66. The van der Waals surface area contributed by atoms with Crippen LogP contribution in [0.2, 0.25) is 0 Å². The first-order valence-electron chi connectivity index (χ1n) is 9.42. The van der Waals surface area contributed by atoms with Crippen molar-refractivity contribution in [2.75, 3.05) is 31.1 Å². The predicted molar refractivity (Wildman–Crippen MR) is 105 cm³/mol. The molecule has 2 rings (SSSR count). The van der Waals surface area contributed by atoms with Gasteiger partial charge >= 0.3 is 0 Å². The third-order valence-electron chi connectivity index (χ3n) is 4.79. The molecule has 1 N–H and O–H groups in total. The van der Waals surface area contributed by atoms with Crippen LogP contribution in [0.4, 0.5) is 5.69 Å². The van der Waals surface area contributed by atoms with Gasteiger partial charge in [0, 0.05) is 45.7 Å². The van der Waals surface area contributed by atoms with Crippen LogP contribution in [0.15, 0.2) is 23.1 Å². The average Bonchev–Trinajstić information content (AvgIpc) is 3.03. The number of nitrogens with one attached hydrogen (secondary N) is 1. The number of sulfonamides is 1. The molecule has 0 atom stereocenters. The van der Waals surface area contributed by atoms with Crippen LogP contribution in [0.1, 0.15) is 45.6 Å². The van der Waals surface area contributed by atoms with Gasteiger partial charge < -0.3 is 9.80 Å². The fourth-order valence-corrected chi connectivity index (χ4v) is 4.32. The molecule has 0 bridgehead atoms. The standard InChI is InChI=1S/C19H29N3O4S/c1-4-5-6-11-21(15(2)23)13-10-20-27(25,26)18-7-8-19-17(14-18)9-12-22(19)16(3)24/h7-8,14,20H,4-6,9-13H2,1-3H3.